The third kappa shape index (κ3) is 3.16. The van der Waals surface area contributed by atoms with E-state index in [9.17, 15) is 8.78 Å². The van der Waals surface area contributed by atoms with E-state index >= 15 is 0 Å². The summed E-state index contributed by atoms with van der Waals surface area (Å²) >= 11 is 0. The molecule has 1 aromatic carbocycles. The lowest BCUT2D eigenvalue weighted by molar-refractivity contribution is -0.00220. The van der Waals surface area contributed by atoms with Crippen molar-refractivity contribution in [1.82, 2.24) is 4.90 Å². The van der Waals surface area contributed by atoms with Gasteiger partial charge in [-0.25, -0.2) is 8.78 Å². The van der Waals surface area contributed by atoms with Gasteiger partial charge < -0.3 is 10.5 Å². The first-order valence-corrected chi connectivity index (χ1v) is 7.00. The van der Waals surface area contributed by atoms with E-state index in [2.05, 4.69) is 4.90 Å². The zero-order valence-electron chi connectivity index (χ0n) is 12.0. The van der Waals surface area contributed by atoms with Crippen molar-refractivity contribution < 1.29 is 13.5 Å². The summed E-state index contributed by atoms with van der Waals surface area (Å²) in [5, 5.41) is 0. The Morgan fingerprint density at radius 1 is 1.45 bits per heavy atom. The molecule has 1 aliphatic rings. The van der Waals surface area contributed by atoms with E-state index in [4.69, 9.17) is 10.5 Å². The minimum absolute atomic E-state index is 0.131. The molecule has 3 unspecified atom stereocenters. The van der Waals surface area contributed by atoms with Crippen molar-refractivity contribution in [2.45, 2.75) is 38.0 Å². The molecule has 0 aromatic heterocycles. The normalized spacial score (nSPS) is 25.6. The second kappa shape index (κ2) is 6.61. The molecule has 0 radical (unpaired) electrons. The molecule has 2 rings (SSSR count). The van der Waals surface area contributed by atoms with Crippen molar-refractivity contribution in [2.24, 2.45) is 5.73 Å². The summed E-state index contributed by atoms with van der Waals surface area (Å²) < 4.78 is 32.6. The van der Waals surface area contributed by atoms with E-state index in [-0.39, 0.29) is 24.0 Å². The van der Waals surface area contributed by atoms with Gasteiger partial charge in [0.05, 0.1) is 6.10 Å². The highest BCUT2D eigenvalue weighted by Crippen LogP contribution is 2.30. The van der Waals surface area contributed by atoms with Crippen LogP contribution in [0.15, 0.2) is 18.2 Å². The molecular formula is C15H22F2N2O. The number of methoxy groups -OCH3 is 1. The molecule has 0 spiro atoms. The molecule has 1 aromatic rings. The van der Waals surface area contributed by atoms with Gasteiger partial charge in [0, 0.05) is 37.8 Å². The highest BCUT2D eigenvalue weighted by atomic mass is 19.1. The van der Waals surface area contributed by atoms with Crippen molar-refractivity contribution >= 4 is 0 Å². The molecule has 20 heavy (non-hydrogen) atoms. The van der Waals surface area contributed by atoms with Gasteiger partial charge in [-0.05, 0) is 38.0 Å². The molecule has 3 atom stereocenters. The number of nitrogens with zero attached hydrogens (tertiary/aromatic N) is 1. The second-order valence-electron chi connectivity index (χ2n) is 5.35. The Hall–Kier alpha value is -1.04. The van der Waals surface area contributed by atoms with Gasteiger partial charge in [0.25, 0.3) is 0 Å². The number of halogens is 2. The van der Waals surface area contributed by atoms with Crippen LogP contribution in [0.4, 0.5) is 8.78 Å². The van der Waals surface area contributed by atoms with Crippen molar-refractivity contribution in [3.63, 3.8) is 0 Å². The summed E-state index contributed by atoms with van der Waals surface area (Å²) in [6, 6.07) is 3.53. The van der Waals surface area contributed by atoms with Gasteiger partial charge in [-0.1, -0.05) is 0 Å². The maximum absolute atomic E-state index is 13.9. The zero-order valence-corrected chi connectivity index (χ0v) is 12.0. The largest absolute Gasteiger partial charge is 0.381 e. The minimum Gasteiger partial charge on any atom is -0.381 e. The summed E-state index contributed by atoms with van der Waals surface area (Å²) in [6.07, 6.45) is 1.91. The second-order valence-corrected chi connectivity index (χ2v) is 5.35. The number of nitrogens with two attached hydrogens (primary N) is 1. The quantitative estimate of drug-likeness (QED) is 0.923. The molecular weight excluding hydrogens is 262 g/mol. The maximum Gasteiger partial charge on any atom is 0.128 e. The molecule has 3 nitrogen and oxygen atoms in total. The Bertz CT molecular complexity index is 455. The van der Waals surface area contributed by atoms with E-state index in [1.165, 1.54) is 12.1 Å². The van der Waals surface area contributed by atoms with Crippen LogP contribution in [-0.2, 0) is 4.74 Å². The third-order valence-electron chi connectivity index (χ3n) is 4.22. The topological polar surface area (TPSA) is 38.5 Å². The smallest absolute Gasteiger partial charge is 0.128 e. The van der Waals surface area contributed by atoms with E-state index in [0.717, 1.165) is 25.5 Å². The number of rotatable bonds is 4. The lowest BCUT2D eigenvalue weighted by Crippen LogP contribution is -2.49. The van der Waals surface area contributed by atoms with Crippen molar-refractivity contribution in [3.05, 3.63) is 35.4 Å². The van der Waals surface area contributed by atoms with Crippen LogP contribution in [0.5, 0.6) is 0 Å². The minimum atomic E-state index is -0.413. The summed E-state index contributed by atoms with van der Waals surface area (Å²) in [7, 11) is 1.70. The van der Waals surface area contributed by atoms with Gasteiger partial charge in [0.1, 0.15) is 11.6 Å². The fourth-order valence-corrected chi connectivity index (χ4v) is 3.00. The molecule has 0 amide bonds. The summed E-state index contributed by atoms with van der Waals surface area (Å²) in [6.45, 7) is 3.16. The van der Waals surface area contributed by atoms with Crippen molar-refractivity contribution in [1.29, 1.82) is 0 Å². The number of hydrogen-bond donors (Lipinski definition) is 1. The molecule has 1 heterocycles. The maximum atomic E-state index is 13.9. The van der Waals surface area contributed by atoms with Crippen LogP contribution in [-0.4, -0.2) is 37.2 Å². The standard InChI is InChI=1S/C15H22F2N2O/c1-10(14-7-11(16)3-4-15(14)17)19-6-5-13(20-2)8-12(19)9-18/h3-4,7,10,12-13H,5-6,8-9,18H2,1-2H3. The van der Waals surface area contributed by atoms with Crippen LogP contribution < -0.4 is 5.73 Å². The molecule has 1 saturated heterocycles. The van der Waals surface area contributed by atoms with Crippen LogP contribution >= 0.6 is 0 Å². The number of piperidine rings is 1. The Morgan fingerprint density at radius 3 is 2.85 bits per heavy atom. The Kier molecular flexibility index (Phi) is 5.07. The highest BCUT2D eigenvalue weighted by molar-refractivity contribution is 5.22. The van der Waals surface area contributed by atoms with E-state index < -0.39 is 5.82 Å². The van der Waals surface area contributed by atoms with Crippen molar-refractivity contribution in [3.8, 4) is 0 Å². The monoisotopic (exact) mass is 284 g/mol. The average Bonchev–Trinajstić information content (AvgIpc) is 2.48. The molecule has 5 heteroatoms. The lowest BCUT2D eigenvalue weighted by Gasteiger charge is -2.42. The third-order valence-corrected chi connectivity index (χ3v) is 4.22. The first-order chi connectivity index (χ1) is 9.56. The summed E-state index contributed by atoms with van der Waals surface area (Å²) in [5.74, 6) is -0.784. The number of hydrogen-bond acceptors (Lipinski definition) is 3. The Balaban J connectivity index is 2.19. The van der Waals surface area contributed by atoms with E-state index in [0.29, 0.717) is 12.1 Å². The number of benzene rings is 1. The predicted octanol–water partition coefficient (Wildman–Crippen LogP) is 2.46. The van der Waals surface area contributed by atoms with Crippen LogP contribution in [0.25, 0.3) is 0 Å². The van der Waals surface area contributed by atoms with Gasteiger partial charge in [-0.15, -0.1) is 0 Å². The first-order valence-electron chi connectivity index (χ1n) is 7.00. The SMILES string of the molecule is COC1CCN(C(C)c2cc(F)ccc2F)C(CN)C1. The number of likely N-dealkylation sites (tertiary alicyclic amines) is 1. The number of ether oxygens (including phenoxy) is 1. The average molecular weight is 284 g/mol. The van der Waals surface area contributed by atoms with Crippen LogP contribution in [0, 0.1) is 11.6 Å². The van der Waals surface area contributed by atoms with E-state index in [1.807, 2.05) is 6.92 Å². The molecule has 0 aliphatic carbocycles. The van der Waals surface area contributed by atoms with Crippen LogP contribution in [0.2, 0.25) is 0 Å². The zero-order chi connectivity index (χ0) is 14.7. The lowest BCUT2D eigenvalue weighted by atomic mass is 9.95. The highest BCUT2D eigenvalue weighted by Gasteiger charge is 2.32. The fraction of sp³-hybridized carbons (Fsp3) is 0.600. The molecule has 1 fully saturated rings. The van der Waals surface area contributed by atoms with Crippen LogP contribution in [0.3, 0.4) is 0 Å². The van der Waals surface area contributed by atoms with Crippen molar-refractivity contribution in [2.75, 3.05) is 20.2 Å². The summed E-state index contributed by atoms with van der Waals surface area (Å²) in [4.78, 5) is 2.15. The molecule has 1 aliphatic heterocycles. The predicted molar refractivity (Wildman–Crippen MR) is 74.4 cm³/mol. The first kappa shape index (κ1) is 15.4. The van der Waals surface area contributed by atoms with Gasteiger partial charge >= 0.3 is 0 Å². The molecule has 0 bridgehead atoms. The van der Waals surface area contributed by atoms with Gasteiger partial charge in [0.2, 0.25) is 0 Å². The van der Waals surface area contributed by atoms with Gasteiger partial charge in [0.15, 0.2) is 0 Å². The van der Waals surface area contributed by atoms with Gasteiger partial charge in [-0.2, -0.15) is 0 Å². The van der Waals surface area contributed by atoms with Crippen LogP contribution in [0.1, 0.15) is 31.4 Å². The Morgan fingerprint density at radius 2 is 2.20 bits per heavy atom. The molecule has 2 N–H and O–H groups in total. The Labute approximate surface area is 118 Å². The van der Waals surface area contributed by atoms with Gasteiger partial charge in [-0.3, -0.25) is 4.90 Å². The van der Waals surface area contributed by atoms with E-state index in [1.54, 1.807) is 7.11 Å². The molecule has 0 saturated carbocycles. The summed E-state index contributed by atoms with van der Waals surface area (Å²) in [5.41, 5.74) is 6.22. The fourth-order valence-electron chi connectivity index (χ4n) is 3.00. The molecule has 112 valence electrons.